The van der Waals surface area contributed by atoms with Crippen molar-refractivity contribution in [3.63, 3.8) is 0 Å². The molecule has 2 atom stereocenters. The summed E-state index contributed by atoms with van der Waals surface area (Å²) in [5.74, 6) is 2.67. The molecule has 3 aliphatic carbocycles. The van der Waals surface area contributed by atoms with Crippen LogP contribution in [-0.2, 0) is 0 Å². The first-order valence-corrected chi connectivity index (χ1v) is 21.2. The highest BCUT2D eigenvalue weighted by Gasteiger charge is 2.30. The van der Waals surface area contributed by atoms with Crippen LogP contribution < -0.4 is 0 Å². The topological polar surface area (TPSA) is 38.7 Å². The summed E-state index contributed by atoms with van der Waals surface area (Å²) in [6.45, 7) is 3.81. The standard InChI is InChI=1S/C53H35N3S2/c1-2-3-15-40-30-39-29-38(26-27-47(39)57-40)53-55-51(34-12-5-4-6-13-34)54-52(56-53)35-23-21-33(22-24-35)42-19-11-20-49-50(42)46-32-37(25-28-48(46)58-49)45-31-36-14-7-8-16-41(36)43-17-9-10-18-44(43)45/h2-32,41,43H,1H2/b15-3-. The normalized spacial score (nSPS) is 17.1. The zero-order chi connectivity index (χ0) is 38.6. The molecular weight excluding hydrogens is 743 g/mol. The fourth-order valence-electron chi connectivity index (χ4n) is 8.52. The van der Waals surface area contributed by atoms with Gasteiger partial charge in [0.05, 0.1) is 0 Å². The van der Waals surface area contributed by atoms with E-state index >= 15 is 0 Å². The van der Waals surface area contributed by atoms with Gasteiger partial charge < -0.3 is 0 Å². The second-order valence-corrected chi connectivity index (χ2v) is 17.0. The molecule has 0 aliphatic heterocycles. The molecule has 3 aliphatic rings. The van der Waals surface area contributed by atoms with Gasteiger partial charge in [-0.1, -0.05) is 146 Å². The number of benzene rings is 5. The molecule has 3 heterocycles. The number of nitrogens with zero attached hydrogens (tertiary/aromatic N) is 3. The molecule has 5 heteroatoms. The van der Waals surface area contributed by atoms with Gasteiger partial charge in [-0.2, -0.15) is 0 Å². The van der Waals surface area contributed by atoms with Gasteiger partial charge in [-0.25, -0.2) is 15.0 Å². The maximum atomic E-state index is 5.09. The van der Waals surface area contributed by atoms with Crippen molar-refractivity contribution in [3.05, 3.63) is 210 Å². The highest BCUT2D eigenvalue weighted by Crippen LogP contribution is 2.46. The van der Waals surface area contributed by atoms with E-state index in [9.17, 15) is 0 Å². The quantitative estimate of drug-likeness (QED) is 0.151. The molecule has 5 aromatic carbocycles. The third kappa shape index (κ3) is 6.08. The van der Waals surface area contributed by atoms with E-state index in [0.29, 0.717) is 29.3 Å². The SMILES string of the molecule is C=C/C=C\c1cc2cc(-c3nc(-c4ccccc4)nc(-c4ccc(-c5cccc6sc7ccc(C8=C9C=CC=CC9C9C=CC=CC9=C8)cc7c56)cc4)n3)ccc2s1. The summed E-state index contributed by atoms with van der Waals surface area (Å²) in [7, 11) is 0. The van der Waals surface area contributed by atoms with Gasteiger partial charge in [0.1, 0.15) is 0 Å². The molecule has 3 nitrogen and oxygen atoms in total. The van der Waals surface area contributed by atoms with Crippen LogP contribution in [0, 0.1) is 11.8 Å². The molecule has 11 rings (SSSR count). The van der Waals surface area contributed by atoms with Crippen molar-refractivity contribution in [3.8, 4) is 45.3 Å². The lowest BCUT2D eigenvalue weighted by Gasteiger charge is -2.33. The molecular formula is C53H35N3S2. The monoisotopic (exact) mass is 777 g/mol. The molecule has 0 radical (unpaired) electrons. The van der Waals surface area contributed by atoms with Crippen LogP contribution in [0.2, 0.25) is 0 Å². The molecule has 0 saturated carbocycles. The molecule has 3 aromatic heterocycles. The molecule has 0 bridgehead atoms. The van der Waals surface area contributed by atoms with E-state index in [1.165, 1.54) is 57.6 Å². The summed E-state index contributed by atoms with van der Waals surface area (Å²) in [5.41, 5.74) is 10.6. The lowest BCUT2D eigenvalue weighted by Crippen LogP contribution is -2.21. The minimum absolute atomic E-state index is 0.345. The summed E-state index contributed by atoms with van der Waals surface area (Å²) in [5, 5.41) is 3.74. The van der Waals surface area contributed by atoms with E-state index in [4.69, 9.17) is 15.0 Å². The van der Waals surface area contributed by atoms with Gasteiger partial charge in [-0.3, -0.25) is 0 Å². The number of hydrogen-bond donors (Lipinski definition) is 0. The Balaban J connectivity index is 0.990. The Hall–Kier alpha value is -6.79. The van der Waals surface area contributed by atoms with Crippen molar-refractivity contribution in [2.45, 2.75) is 0 Å². The predicted octanol–water partition coefficient (Wildman–Crippen LogP) is 14.5. The molecule has 2 unspecified atom stereocenters. The molecule has 0 fully saturated rings. The summed E-state index contributed by atoms with van der Waals surface area (Å²) >= 11 is 3.62. The Morgan fingerprint density at radius 2 is 1.26 bits per heavy atom. The summed E-state index contributed by atoms with van der Waals surface area (Å²) < 4.78 is 3.80. The van der Waals surface area contributed by atoms with Crippen LogP contribution >= 0.6 is 22.7 Å². The van der Waals surface area contributed by atoms with Crippen molar-refractivity contribution in [1.29, 1.82) is 0 Å². The first kappa shape index (κ1) is 34.5. The van der Waals surface area contributed by atoms with Crippen LogP contribution in [0.5, 0.6) is 0 Å². The Labute approximate surface area is 345 Å². The van der Waals surface area contributed by atoms with Gasteiger partial charge in [0, 0.05) is 58.3 Å². The molecule has 274 valence electrons. The summed E-state index contributed by atoms with van der Waals surface area (Å²) in [6, 6.07) is 41.2. The molecule has 58 heavy (non-hydrogen) atoms. The third-order valence-electron chi connectivity index (χ3n) is 11.3. The van der Waals surface area contributed by atoms with E-state index in [1.807, 2.05) is 47.7 Å². The van der Waals surface area contributed by atoms with Crippen molar-refractivity contribution in [2.24, 2.45) is 11.8 Å². The Bertz CT molecular complexity index is 3180. The molecule has 0 spiro atoms. The van der Waals surface area contributed by atoms with E-state index in [2.05, 4.69) is 152 Å². The number of allylic oxidation sites excluding steroid dienone is 14. The Morgan fingerprint density at radius 3 is 2.09 bits per heavy atom. The van der Waals surface area contributed by atoms with E-state index < -0.39 is 0 Å². The lowest BCUT2D eigenvalue weighted by atomic mass is 9.70. The molecule has 0 amide bonds. The van der Waals surface area contributed by atoms with E-state index in [0.717, 1.165) is 27.6 Å². The third-order valence-corrected chi connectivity index (χ3v) is 13.5. The van der Waals surface area contributed by atoms with Gasteiger partial charge in [0.15, 0.2) is 17.5 Å². The van der Waals surface area contributed by atoms with Crippen molar-refractivity contribution >= 4 is 64.6 Å². The number of thiophene rings is 2. The fraction of sp³-hybridized carbons (Fsp3) is 0.0377. The van der Waals surface area contributed by atoms with Crippen LogP contribution in [-0.4, -0.2) is 15.0 Å². The first-order chi connectivity index (χ1) is 28.7. The summed E-state index contributed by atoms with van der Waals surface area (Å²) in [6.07, 6.45) is 26.3. The zero-order valence-electron chi connectivity index (χ0n) is 31.4. The Kier molecular flexibility index (Phi) is 8.50. The van der Waals surface area contributed by atoms with Gasteiger partial charge in [-0.05, 0) is 87.3 Å². The van der Waals surface area contributed by atoms with Gasteiger partial charge in [0.2, 0.25) is 0 Å². The summed E-state index contributed by atoms with van der Waals surface area (Å²) in [4.78, 5) is 16.3. The highest BCUT2D eigenvalue weighted by molar-refractivity contribution is 7.26. The van der Waals surface area contributed by atoms with Crippen LogP contribution in [0.25, 0.3) is 87.2 Å². The maximum absolute atomic E-state index is 5.09. The van der Waals surface area contributed by atoms with E-state index in [-0.39, 0.29) is 0 Å². The predicted molar refractivity (Wildman–Crippen MR) is 248 cm³/mol. The van der Waals surface area contributed by atoms with Crippen LogP contribution in [0.15, 0.2) is 200 Å². The highest BCUT2D eigenvalue weighted by atomic mass is 32.1. The average Bonchev–Trinajstić information content (AvgIpc) is 3.89. The molecule has 0 saturated heterocycles. The lowest BCUT2D eigenvalue weighted by molar-refractivity contribution is 0.618. The fourth-order valence-corrected chi connectivity index (χ4v) is 10.6. The van der Waals surface area contributed by atoms with Crippen LogP contribution in [0.3, 0.4) is 0 Å². The average molecular weight is 778 g/mol. The molecule has 8 aromatic rings. The van der Waals surface area contributed by atoms with Crippen molar-refractivity contribution < 1.29 is 0 Å². The van der Waals surface area contributed by atoms with Crippen LogP contribution in [0.4, 0.5) is 0 Å². The second kappa shape index (κ2) is 14.3. The minimum atomic E-state index is 0.345. The van der Waals surface area contributed by atoms with Crippen molar-refractivity contribution in [2.75, 3.05) is 0 Å². The number of rotatable bonds is 7. The minimum Gasteiger partial charge on any atom is -0.208 e. The smallest absolute Gasteiger partial charge is 0.164 e. The largest absolute Gasteiger partial charge is 0.208 e. The van der Waals surface area contributed by atoms with Gasteiger partial charge in [0.25, 0.3) is 0 Å². The molecule has 0 N–H and O–H groups in total. The van der Waals surface area contributed by atoms with Gasteiger partial charge in [-0.15, -0.1) is 22.7 Å². The number of aromatic nitrogens is 3. The number of fused-ring (bicyclic) bond motifs is 7. The Morgan fingerprint density at radius 1 is 0.552 bits per heavy atom. The van der Waals surface area contributed by atoms with Gasteiger partial charge >= 0.3 is 0 Å². The zero-order valence-corrected chi connectivity index (χ0v) is 33.1. The first-order valence-electron chi connectivity index (χ1n) is 19.5. The maximum Gasteiger partial charge on any atom is 0.164 e. The van der Waals surface area contributed by atoms with E-state index in [1.54, 1.807) is 17.4 Å². The second-order valence-electron chi connectivity index (χ2n) is 14.8. The van der Waals surface area contributed by atoms with Crippen LogP contribution in [0.1, 0.15) is 10.4 Å². The van der Waals surface area contributed by atoms with Crippen molar-refractivity contribution in [1.82, 2.24) is 15.0 Å². The number of hydrogen-bond acceptors (Lipinski definition) is 5.